The molecule has 1 amide bonds. The lowest BCUT2D eigenvalue weighted by molar-refractivity contribution is 0.102. The number of amides is 1. The van der Waals surface area contributed by atoms with Gasteiger partial charge < -0.3 is 24.1 Å². The molecule has 4 aromatic rings. The minimum atomic E-state index is -0.352. The van der Waals surface area contributed by atoms with Crippen LogP contribution in [0.25, 0.3) is 22.8 Å². The highest BCUT2D eigenvalue weighted by molar-refractivity contribution is 6.08. The first-order valence-electron chi connectivity index (χ1n) is 9.74. The normalized spacial score (nSPS) is 10.5. The Bertz CT molecular complexity index is 1210. The van der Waals surface area contributed by atoms with Crippen LogP contribution in [0.5, 0.6) is 17.2 Å². The highest BCUT2D eigenvalue weighted by Crippen LogP contribution is 2.40. The predicted octanol–water partition coefficient (Wildman–Crippen LogP) is 4.68. The molecule has 0 unspecified atom stereocenters. The minimum Gasteiger partial charge on any atom is -0.493 e. The summed E-state index contributed by atoms with van der Waals surface area (Å²) >= 11 is 0. The molecule has 8 heteroatoms. The van der Waals surface area contributed by atoms with Crippen LogP contribution in [0.15, 0.2) is 71.3 Å². The lowest BCUT2D eigenvalue weighted by Gasteiger charge is -2.15. The average Bonchev–Trinajstić information content (AvgIpc) is 3.34. The maximum absolute atomic E-state index is 13.1. The third-order valence-electron chi connectivity index (χ3n) is 4.78. The first kappa shape index (κ1) is 20.9. The molecular weight excluding hydrogens is 410 g/mol. The van der Waals surface area contributed by atoms with E-state index < -0.39 is 0 Å². The number of carbonyl (C=O) groups is 1. The molecule has 1 aromatic heterocycles. The molecule has 0 saturated carbocycles. The van der Waals surface area contributed by atoms with E-state index in [2.05, 4.69) is 15.5 Å². The van der Waals surface area contributed by atoms with Gasteiger partial charge in [-0.3, -0.25) is 4.79 Å². The van der Waals surface area contributed by atoms with Gasteiger partial charge in [0.15, 0.2) is 11.5 Å². The van der Waals surface area contributed by atoms with Crippen LogP contribution in [-0.2, 0) is 0 Å². The minimum absolute atomic E-state index is 0.250. The van der Waals surface area contributed by atoms with Crippen molar-refractivity contribution in [1.29, 1.82) is 0 Å². The van der Waals surface area contributed by atoms with E-state index in [1.807, 2.05) is 30.3 Å². The second kappa shape index (κ2) is 9.22. The van der Waals surface area contributed by atoms with Gasteiger partial charge in [0, 0.05) is 23.4 Å². The topological polar surface area (TPSA) is 95.7 Å². The van der Waals surface area contributed by atoms with E-state index in [9.17, 15) is 4.79 Å². The smallest absolute Gasteiger partial charge is 0.259 e. The fourth-order valence-corrected chi connectivity index (χ4v) is 3.26. The van der Waals surface area contributed by atoms with Crippen LogP contribution in [0.1, 0.15) is 10.4 Å². The molecule has 0 radical (unpaired) electrons. The molecule has 0 atom stereocenters. The van der Waals surface area contributed by atoms with Crippen LogP contribution < -0.4 is 19.5 Å². The van der Waals surface area contributed by atoms with Gasteiger partial charge in [0.1, 0.15) is 0 Å². The van der Waals surface area contributed by atoms with Gasteiger partial charge in [-0.25, -0.2) is 0 Å². The van der Waals surface area contributed by atoms with Gasteiger partial charge in [0.2, 0.25) is 11.6 Å². The molecule has 0 bridgehead atoms. The number of carbonyl (C=O) groups excluding carboxylic acids is 1. The molecule has 1 N–H and O–H groups in total. The van der Waals surface area contributed by atoms with E-state index >= 15 is 0 Å². The second-order valence-electron chi connectivity index (χ2n) is 6.70. The van der Waals surface area contributed by atoms with E-state index in [1.165, 1.54) is 21.3 Å². The molecule has 0 aliphatic carbocycles. The average molecular weight is 431 g/mol. The molecule has 32 heavy (non-hydrogen) atoms. The fourth-order valence-electron chi connectivity index (χ4n) is 3.26. The molecule has 1 heterocycles. The number of aromatic nitrogens is 2. The zero-order chi connectivity index (χ0) is 22.5. The highest BCUT2D eigenvalue weighted by Gasteiger charge is 2.20. The van der Waals surface area contributed by atoms with Crippen molar-refractivity contribution in [2.45, 2.75) is 0 Å². The Morgan fingerprint density at radius 1 is 0.875 bits per heavy atom. The Hall–Kier alpha value is -4.33. The van der Waals surface area contributed by atoms with Crippen molar-refractivity contribution < 1.29 is 23.5 Å². The summed E-state index contributed by atoms with van der Waals surface area (Å²) < 4.78 is 21.5. The van der Waals surface area contributed by atoms with Gasteiger partial charge in [-0.05, 0) is 12.1 Å². The highest BCUT2D eigenvalue weighted by atomic mass is 16.5. The van der Waals surface area contributed by atoms with Crippen molar-refractivity contribution in [1.82, 2.24) is 10.1 Å². The van der Waals surface area contributed by atoms with Crippen molar-refractivity contribution >= 4 is 11.6 Å². The second-order valence-corrected chi connectivity index (χ2v) is 6.70. The summed E-state index contributed by atoms with van der Waals surface area (Å²) in [5.41, 5.74) is 2.20. The number of methoxy groups -OCH3 is 3. The van der Waals surface area contributed by atoms with E-state index in [4.69, 9.17) is 18.7 Å². The van der Waals surface area contributed by atoms with Gasteiger partial charge >= 0.3 is 0 Å². The summed E-state index contributed by atoms with van der Waals surface area (Å²) in [7, 11) is 4.54. The molecule has 3 aromatic carbocycles. The predicted molar refractivity (Wildman–Crippen MR) is 119 cm³/mol. The van der Waals surface area contributed by atoms with Crippen molar-refractivity contribution in [3.05, 3.63) is 72.3 Å². The van der Waals surface area contributed by atoms with Gasteiger partial charge in [-0.15, -0.1) is 0 Å². The maximum Gasteiger partial charge on any atom is 0.259 e. The summed E-state index contributed by atoms with van der Waals surface area (Å²) in [5.74, 6) is 1.64. The number of anilines is 1. The van der Waals surface area contributed by atoms with Gasteiger partial charge in [0.05, 0.1) is 32.5 Å². The lowest BCUT2D eigenvalue weighted by atomic mass is 10.1. The van der Waals surface area contributed by atoms with Gasteiger partial charge in [-0.1, -0.05) is 47.6 Å². The summed E-state index contributed by atoms with van der Waals surface area (Å²) in [6, 6.07) is 19.8. The van der Waals surface area contributed by atoms with Crippen molar-refractivity contribution in [2.24, 2.45) is 0 Å². The van der Waals surface area contributed by atoms with Crippen molar-refractivity contribution in [3.8, 4) is 40.1 Å². The Morgan fingerprint density at radius 2 is 1.53 bits per heavy atom. The zero-order valence-corrected chi connectivity index (χ0v) is 17.8. The standard InChI is InChI=1S/C24H21N3O5/c1-29-19-13-16(14-20(30-2)21(19)31-3)25-23(28)17-11-7-8-12-18(17)24-26-22(27-32-24)15-9-5-4-6-10-15/h4-14H,1-3H3,(H,25,28). The zero-order valence-electron chi connectivity index (χ0n) is 17.8. The van der Waals surface area contributed by atoms with Gasteiger partial charge in [0.25, 0.3) is 11.8 Å². The number of hydrogen-bond donors (Lipinski definition) is 1. The Labute approximate surface area is 184 Å². The third kappa shape index (κ3) is 4.11. The summed E-state index contributed by atoms with van der Waals surface area (Å²) in [5, 5.41) is 6.91. The summed E-state index contributed by atoms with van der Waals surface area (Å²) in [6.07, 6.45) is 0. The first-order chi connectivity index (χ1) is 15.6. The van der Waals surface area contributed by atoms with Crippen LogP contribution in [0.2, 0.25) is 0 Å². The SMILES string of the molecule is COc1cc(NC(=O)c2ccccc2-c2nc(-c3ccccc3)no2)cc(OC)c1OC. The van der Waals surface area contributed by atoms with Crippen LogP contribution >= 0.6 is 0 Å². The molecule has 8 nitrogen and oxygen atoms in total. The monoisotopic (exact) mass is 431 g/mol. The number of nitrogens with one attached hydrogen (secondary N) is 1. The lowest BCUT2D eigenvalue weighted by Crippen LogP contribution is -2.13. The van der Waals surface area contributed by atoms with E-state index in [0.717, 1.165) is 5.56 Å². The molecule has 0 aliphatic heterocycles. The molecular formula is C24H21N3O5. The first-order valence-corrected chi connectivity index (χ1v) is 9.74. The third-order valence-corrected chi connectivity index (χ3v) is 4.78. The van der Waals surface area contributed by atoms with Crippen LogP contribution in [-0.4, -0.2) is 37.4 Å². The van der Waals surface area contributed by atoms with E-state index in [-0.39, 0.29) is 11.8 Å². The van der Waals surface area contributed by atoms with E-state index in [1.54, 1.807) is 36.4 Å². The summed E-state index contributed by atoms with van der Waals surface area (Å²) in [6.45, 7) is 0. The number of nitrogens with zero attached hydrogens (tertiary/aromatic N) is 2. The number of benzene rings is 3. The van der Waals surface area contributed by atoms with Crippen LogP contribution in [0.3, 0.4) is 0 Å². The van der Waals surface area contributed by atoms with Crippen LogP contribution in [0.4, 0.5) is 5.69 Å². The quantitative estimate of drug-likeness (QED) is 0.454. The number of ether oxygens (including phenoxy) is 3. The Kier molecular flexibility index (Phi) is 6.03. The Balaban J connectivity index is 1.65. The molecule has 0 saturated heterocycles. The molecule has 162 valence electrons. The van der Waals surface area contributed by atoms with E-state index in [0.29, 0.717) is 39.9 Å². The Morgan fingerprint density at radius 3 is 2.19 bits per heavy atom. The number of hydrogen-bond acceptors (Lipinski definition) is 7. The van der Waals surface area contributed by atoms with Crippen molar-refractivity contribution in [3.63, 3.8) is 0 Å². The molecule has 0 aliphatic rings. The largest absolute Gasteiger partial charge is 0.493 e. The van der Waals surface area contributed by atoms with Crippen molar-refractivity contribution in [2.75, 3.05) is 26.6 Å². The fraction of sp³-hybridized carbons (Fsp3) is 0.125. The van der Waals surface area contributed by atoms with Crippen LogP contribution in [0, 0.1) is 0 Å². The number of rotatable bonds is 7. The van der Waals surface area contributed by atoms with Gasteiger partial charge in [-0.2, -0.15) is 4.98 Å². The molecule has 0 spiro atoms. The molecule has 4 rings (SSSR count). The molecule has 0 fully saturated rings. The maximum atomic E-state index is 13.1. The summed E-state index contributed by atoms with van der Waals surface area (Å²) in [4.78, 5) is 17.6.